The van der Waals surface area contributed by atoms with Crippen molar-refractivity contribution in [1.29, 1.82) is 0 Å². The number of carbonyl (C=O) groups is 3. The first kappa shape index (κ1) is 41.0. The lowest BCUT2D eigenvalue weighted by Crippen LogP contribution is -2.55. The second kappa shape index (κ2) is 16.7. The lowest BCUT2D eigenvalue weighted by Gasteiger charge is -2.48. The molecule has 3 atom stereocenters. The summed E-state index contributed by atoms with van der Waals surface area (Å²) in [5, 5.41) is 3.53. The van der Waals surface area contributed by atoms with Crippen LogP contribution in [-0.4, -0.2) is 60.9 Å². The lowest BCUT2D eigenvalue weighted by atomic mass is 9.84. The first-order valence-electron chi connectivity index (χ1n) is 18.5. The van der Waals surface area contributed by atoms with Gasteiger partial charge in [0.05, 0.1) is 23.7 Å². The van der Waals surface area contributed by atoms with E-state index in [0.29, 0.717) is 24.2 Å². The highest BCUT2D eigenvalue weighted by Gasteiger charge is 2.45. The Morgan fingerprint density at radius 1 is 0.981 bits per heavy atom. The molecule has 5 rings (SSSR count). The number of anilines is 2. The molecule has 0 saturated carbocycles. The molecule has 0 bridgehead atoms. The number of carbonyl (C=O) groups excluding carboxylic acids is 3. The summed E-state index contributed by atoms with van der Waals surface area (Å²) in [5.74, 6) is -0.617. The van der Waals surface area contributed by atoms with Crippen molar-refractivity contribution in [3.05, 3.63) is 94.4 Å². The minimum atomic E-state index is -2.18. The molecular formula is C42H53BrN4O6Si. The summed E-state index contributed by atoms with van der Waals surface area (Å²) in [6.45, 7) is 20.2. The van der Waals surface area contributed by atoms with Crippen LogP contribution in [0.1, 0.15) is 76.5 Å². The third-order valence-electron chi connectivity index (χ3n) is 10.1. The van der Waals surface area contributed by atoms with Crippen molar-refractivity contribution in [3.63, 3.8) is 0 Å². The highest BCUT2D eigenvalue weighted by Crippen LogP contribution is 2.42. The van der Waals surface area contributed by atoms with Crippen molar-refractivity contribution in [3.8, 4) is 0 Å². The first-order chi connectivity index (χ1) is 25.3. The number of amides is 1. The van der Waals surface area contributed by atoms with Crippen LogP contribution < -0.4 is 10.2 Å². The molecule has 1 aliphatic rings. The van der Waals surface area contributed by atoms with Crippen LogP contribution in [-0.2, 0) is 31.7 Å². The summed E-state index contributed by atoms with van der Waals surface area (Å²) in [6, 6.07) is 18.6. The third-order valence-corrected chi connectivity index (χ3v) is 15.1. The second-order valence-electron chi connectivity index (χ2n) is 16.8. The van der Waals surface area contributed by atoms with Crippen LogP contribution in [0.5, 0.6) is 0 Å². The van der Waals surface area contributed by atoms with Gasteiger partial charge in [-0.3, -0.25) is 19.9 Å². The van der Waals surface area contributed by atoms with Gasteiger partial charge in [0.2, 0.25) is 0 Å². The maximum Gasteiger partial charge on any atom is 0.412 e. The molecule has 1 N–H and O–H groups in total. The number of halogens is 1. The van der Waals surface area contributed by atoms with E-state index in [1.807, 2.05) is 75.4 Å². The van der Waals surface area contributed by atoms with E-state index in [1.165, 1.54) is 0 Å². The number of piperidine rings is 1. The number of fused-ring (bicyclic) bond motifs is 1. The van der Waals surface area contributed by atoms with E-state index < -0.39 is 20.0 Å². The van der Waals surface area contributed by atoms with Crippen LogP contribution in [0.2, 0.25) is 18.1 Å². The monoisotopic (exact) mass is 816 g/mol. The molecule has 54 heavy (non-hydrogen) atoms. The normalized spacial score (nSPS) is 18.0. The van der Waals surface area contributed by atoms with Gasteiger partial charge in [-0.05, 0) is 74.7 Å². The Balaban J connectivity index is 1.42. The molecule has 2 aromatic carbocycles. The minimum absolute atomic E-state index is 0.00181. The molecule has 1 amide bonds. The highest BCUT2D eigenvalue weighted by atomic mass is 79.9. The van der Waals surface area contributed by atoms with Crippen molar-refractivity contribution in [2.75, 3.05) is 23.3 Å². The van der Waals surface area contributed by atoms with E-state index >= 15 is 0 Å². The summed E-state index contributed by atoms with van der Waals surface area (Å²) in [6.07, 6.45) is 2.78. The predicted molar refractivity (Wildman–Crippen MR) is 219 cm³/mol. The van der Waals surface area contributed by atoms with E-state index in [9.17, 15) is 14.4 Å². The number of Topliss-reactive ketones (excluding diaryl/α,β-unsaturated/α-hetero) is 1. The van der Waals surface area contributed by atoms with E-state index in [4.69, 9.17) is 18.9 Å². The number of rotatable bonds is 11. The molecule has 0 aliphatic carbocycles. The summed E-state index contributed by atoms with van der Waals surface area (Å²) >= 11 is 3.51. The molecule has 288 valence electrons. The van der Waals surface area contributed by atoms with Crippen LogP contribution in [0, 0.1) is 11.8 Å². The van der Waals surface area contributed by atoms with Gasteiger partial charge in [0.15, 0.2) is 14.1 Å². The van der Waals surface area contributed by atoms with Crippen LogP contribution in [0.15, 0.2) is 77.5 Å². The number of hydrogen-bond donors (Lipinski definition) is 1. The Kier molecular flexibility index (Phi) is 12.7. The van der Waals surface area contributed by atoms with Gasteiger partial charge in [-0.2, -0.15) is 0 Å². The van der Waals surface area contributed by atoms with Crippen LogP contribution in [0.25, 0.3) is 10.9 Å². The number of benzene rings is 2. The highest BCUT2D eigenvalue weighted by molar-refractivity contribution is 9.10. The minimum Gasteiger partial charge on any atom is -0.460 e. The number of hydrogen-bond acceptors (Lipinski definition) is 9. The maximum absolute atomic E-state index is 14.3. The number of nitrogens with zero attached hydrogens (tertiary/aromatic N) is 3. The first-order valence-corrected chi connectivity index (χ1v) is 22.2. The van der Waals surface area contributed by atoms with Crippen LogP contribution >= 0.6 is 15.9 Å². The number of ether oxygens (including phenoxy) is 2. The van der Waals surface area contributed by atoms with Gasteiger partial charge in [0.25, 0.3) is 0 Å². The fourth-order valence-electron chi connectivity index (χ4n) is 6.52. The molecule has 0 spiro atoms. The van der Waals surface area contributed by atoms with Crippen LogP contribution in [0.3, 0.4) is 0 Å². The second-order valence-corrected chi connectivity index (χ2v) is 22.5. The Bertz CT molecular complexity index is 1980. The van der Waals surface area contributed by atoms with Gasteiger partial charge in [-0.15, -0.1) is 0 Å². The maximum atomic E-state index is 14.3. The summed E-state index contributed by atoms with van der Waals surface area (Å²) in [5.41, 5.74) is 2.77. The number of nitrogens with one attached hydrogen (secondary N) is 1. The Morgan fingerprint density at radius 3 is 2.39 bits per heavy atom. The van der Waals surface area contributed by atoms with E-state index in [2.05, 4.69) is 71.9 Å². The van der Waals surface area contributed by atoms with Crippen molar-refractivity contribution >= 4 is 64.4 Å². The zero-order valence-corrected chi connectivity index (χ0v) is 35.5. The molecule has 1 saturated heterocycles. The van der Waals surface area contributed by atoms with E-state index in [-0.39, 0.29) is 65.6 Å². The van der Waals surface area contributed by atoms with Gasteiger partial charge in [0, 0.05) is 58.9 Å². The molecular weight excluding hydrogens is 764 g/mol. The molecule has 0 unspecified atom stereocenters. The fraction of sp³-hybridized carbons (Fsp3) is 0.452. The summed E-state index contributed by atoms with van der Waals surface area (Å²) in [7, 11) is -2.18. The van der Waals surface area contributed by atoms with Gasteiger partial charge in [-0.1, -0.05) is 80.0 Å². The Hall–Kier alpha value is -4.13. The molecule has 4 aromatic rings. The predicted octanol–water partition coefficient (Wildman–Crippen LogP) is 9.76. The topological polar surface area (TPSA) is 120 Å². The molecule has 1 aliphatic heterocycles. The van der Waals surface area contributed by atoms with Crippen molar-refractivity contribution < 1.29 is 28.3 Å². The molecule has 0 radical (unpaired) electrons. The number of pyridine rings is 2. The largest absolute Gasteiger partial charge is 0.460 e. The van der Waals surface area contributed by atoms with Gasteiger partial charge in [0.1, 0.15) is 17.9 Å². The van der Waals surface area contributed by atoms with E-state index in [1.54, 1.807) is 18.5 Å². The van der Waals surface area contributed by atoms with E-state index in [0.717, 1.165) is 21.1 Å². The Labute approximate surface area is 328 Å². The molecule has 3 heterocycles. The van der Waals surface area contributed by atoms with Gasteiger partial charge in [-0.25, -0.2) is 9.78 Å². The smallest absolute Gasteiger partial charge is 0.412 e. The van der Waals surface area contributed by atoms with Crippen molar-refractivity contribution in [2.45, 2.75) is 97.8 Å². The Morgan fingerprint density at radius 2 is 1.70 bits per heavy atom. The SMILES string of the molecule is C[C@H]1CN(c2ccncc2CC(=O)c2nc3cc(Br)ccc3cc2NC(=O)OCc2ccccc2)C[C@@H](CC(=O)OC(C)(C)C)[C@@H]1O[Si](C)(C)C(C)(C)C. The molecule has 1 fully saturated rings. The van der Waals surface area contributed by atoms with Crippen molar-refractivity contribution in [2.24, 2.45) is 11.8 Å². The average Bonchev–Trinajstić information content (AvgIpc) is 3.08. The number of aromatic nitrogens is 2. The number of ketones is 1. The number of esters is 1. The standard InChI is InChI=1S/C42H53BrN4O6Si/c1-27-24-47(25-31(21-37(49)52-41(2,3)4)39(27)53-54(8,9)42(5,6)7)35-17-18-44-23-30(35)20-36(48)38-34(19-29-15-16-32(43)22-33(29)45-38)46-40(50)51-26-28-13-11-10-12-14-28/h10-19,22-23,27,31,39H,20-21,24-26H2,1-9H3,(H,46,50)/t27-,31+,39+/m0/s1. The third kappa shape index (κ3) is 10.5. The average molecular weight is 818 g/mol. The summed E-state index contributed by atoms with van der Waals surface area (Å²) in [4.78, 5) is 52.0. The zero-order chi connectivity index (χ0) is 39.4. The quantitative estimate of drug-likeness (QED) is 0.0897. The molecule has 2 aromatic heterocycles. The van der Waals surface area contributed by atoms with Crippen molar-refractivity contribution in [1.82, 2.24) is 9.97 Å². The zero-order valence-electron chi connectivity index (χ0n) is 32.9. The fourth-order valence-corrected chi connectivity index (χ4v) is 8.33. The molecule has 10 nitrogen and oxygen atoms in total. The van der Waals surface area contributed by atoms with Gasteiger partial charge < -0.3 is 18.8 Å². The molecule has 12 heteroatoms. The van der Waals surface area contributed by atoms with Crippen LogP contribution in [0.4, 0.5) is 16.2 Å². The lowest BCUT2D eigenvalue weighted by molar-refractivity contribution is -0.157. The van der Waals surface area contributed by atoms with Gasteiger partial charge >= 0.3 is 12.1 Å². The summed E-state index contributed by atoms with van der Waals surface area (Å²) < 4.78 is 19.2.